The van der Waals surface area contributed by atoms with Crippen LogP contribution in [0.4, 0.5) is 0 Å². The molecule has 0 aliphatic heterocycles. The van der Waals surface area contributed by atoms with Crippen molar-refractivity contribution < 1.29 is 9.53 Å². The standard InChI is InChI=1S/C13H17NO2/c1-9-3-5-10(6-4-9)11(14)13(7-8-13)12(15)16-2/h3-6,11H,7-8,14H2,1-2H3. The topological polar surface area (TPSA) is 52.3 Å². The maximum absolute atomic E-state index is 11.7. The van der Waals surface area contributed by atoms with E-state index in [-0.39, 0.29) is 12.0 Å². The summed E-state index contributed by atoms with van der Waals surface area (Å²) in [6.45, 7) is 2.03. The number of aryl methyl sites for hydroxylation is 1. The number of ether oxygens (including phenoxy) is 1. The number of rotatable bonds is 3. The molecular formula is C13H17NO2. The Labute approximate surface area is 95.6 Å². The minimum atomic E-state index is -0.468. The summed E-state index contributed by atoms with van der Waals surface area (Å²) in [7, 11) is 1.42. The van der Waals surface area contributed by atoms with Crippen molar-refractivity contribution in [2.24, 2.45) is 11.1 Å². The van der Waals surface area contributed by atoms with Gasteiger partial charge in [-0.05, 0) is 25.3 Å². The molecular weight excluding hydrogens is 202 g/mol. The maximum atomic E-state index is 11.7. The Hall–Kier alpha value is -1.35. The summed E-state index contributed by atoms with van der Waals surface area (Å²) in [6.07, 6.45) is 1.66. The minimum Gasteiger partial charge on any atom is -0.469 e. The zero-order valence-electron chi connectivity index (χ0n) is 9.69. The molecule has 16 heavy (non-hydrogen) atoms. The molecule has 0 aromatic heterocycles. The Balaban J connectivity index is 2.22. The van der Waals surface area contributed by atoms with Crippen LogP contribution in [0.25, 0.3) is 0 Å². The van der Waals surface area contributed by atoms with E-state index < -0.39 is 5.41 Å². The Morgan fingerprint density at radius 3 is 2.38 bits per heavy atom. The third-order valence-corrected chi connectivity index (χ3v) is 3.41. The lowest BCUT2D eigenvalue weighted by Crippen LogP contribution is -2.31. The summed E-state index contributed by atoms with van der Waals surface area (Å²) in [5.74, 6) is -0.180. The minimum absolute atomic E-state index is 0.180. The smallest absolute Gasteiger partial charge is 0.313 e. The molecule has 0 spiro atoms. The molecule has 0 amide bonds. The average molecular weight is 219 g/mol. The fourth-order valence-electron chi connectivity index (χ4n) is 2.07. The second-order valence-electron chi connectivity index (χ2n) is 4.54. The lowest BCUT2D eigenvalue weighted by Gasteiger charge is -2.21. The van der Waals surface area contributed by atoms with E-state index in [1.165, 1.54) is 12.7 Å². The van der Waals surface area contributed by atoms with Gasteiger partial charge in [-0.3, -0.25) is 4.79 Å². The van der Waals surface area contributed by atoms with Crippen molar-refractivity contribution in [3.05, 3.63) is 35.4 Å². The molecule has 0 saturated heterocycles. The number of hydrogen-bond donors (Lipinski definition) is 1. The van der Waals surface area contributed by atoms with Crippen LogP contribution in [-0.4, -0.2) is 13.1 Å². The number of nitrogens with two attached hydrogens (primary N) is 1. The first-order valence-corrected chi connectivity index (χ1v) is 5.51. The number of carbonyl (C=O) groups excluding carboxylic acids is 1. The highest BCUT2D eigenvalue weighted by molar-refractivity contribution is 5.81. The first-order valence-electron chi connectivity index (χ1n) is 5.51. The van der Waals surface area contributed by atoms with Crippen molar-refractivity contribution in [2.75, 3.05) is 7.11 Å². The summed E-state index contributed by atoms with van der Waals surface area (Å²) >= 11 is 0. The van der Waals surface area contributed by atoms with Crippen molar-refractivity contribution in [3.8, 4) is 0 Å². The van der Waals surface area contributed by atoms with Gasteiger partial charge in [0, 0.05) is 6.04 Å². The Bertz CT molecular complexity index is 393. The normalized spacial score (nSPS) is 18.9. The van der Waals surface area contributed by atoms with E-state index in [9.17, 15) is 4.79 Å². The van der Waals surface area contributed by atoms with Crippen LogP contribution in [0.2, 0.25) is 0 Å². The van der Waals surface area contributed by atoms with Crippen LogP contribution in [0, 0.1) is 12.3 Å². The van der Waals surface area contributed by atoms with Gasteiger partial charge < -0.3 is 10.5 Å². The van der Waals surface area contributed by atoms with Gasteiger partial charge in [0.15, 0.2) is 0 Å². The second-order valence-corrected chi connectivity index (χ2v) is 4.54. The highest BCUT2D eigenvalue weighted by Gasteiger charge is 2.56. The summed E-state index contributed by atoms with van der Waals surface area (Å²) < 4.78 is 4.82. The van der Waals surface area contributed by atoms with Crippen LogP contribution in [0.15, 0.2) is 24.3 Å². The molecule has 2 N–H and O–H groups in total. The third-order valence-electron chi connectivity index (χ3n) is 3.41. The quantitative estimate of drug-likeness (QED) is 0.790. The molecule has 1 fully saturated rings. The van der Waals surface area contributed by atoms with E-state index in [0.29, 0.717) is 0 Å². The van der Waals surface area contributed by atoms with E-state index in [1.54, 1.807) is 0 Å². The van der Waals surface area contributed by atoms with E-state index in [2.05, 4.69) is 0 Å². The zero-order valence-corrected chi connectivity index (χ0v) is 9.69. The third kappa shape index (κ3) is 1.71. The van der Waals surface area contributed by atoms with Crippen molar-refractivity contribution in [2.45, 2.75) is 25.8 Å². The molecule has 86 valence electrons. The summed E-state index contributed by atoms with van der Waals surface area (Å²) in [6, 6.07) is 7.76. The number of benzene rings is 1. The molecule has 1 atom stereocenters. The van der Waals surface area contributed by atoms with Crippen LogP contribution < -0.4 is 5.73 Å². The molecule has 1 aromatic rings. The highest BCUT2D eigenvalue weighted by Crippen LogP contribution is 2.54. The summed E-state index contributed by atoms with van der Waals surface area (Å²) in [4.78, 5) is 11.7. The molecule has 3 heteroatoms. The molecule has 1 aliphatic rings. The molecule has 1 aromatic carbocycles. The van der Waals surface area contributed by atoms with E-state index in [0.717, 1.165) is 18.4 Å². The molecule has 1 saturated carbocycles. The van der Waals surface area contributed by atoms with Crippen LogP contribution in [0.1, 0.15) is 30.0 Å². The molecule has 0 bridgehead atoms. The highest BCUT2D eigenvalue weighted by atomic mass is 16.5. The number of hydrogen-bond acceptors (Lipinski definition) is 3. The molecule has 0 radical (unpaired) electrons. The van der Waals surface area contributed by atoms with Crippen LogP contribution >= 0.6 is 0 Å². The van der Waals surface area contributed by atoms with Crippen molar-refractivity contribution >= 4 is 5.97 Å². The van der Waals surface area contributed by atoms with Crippen LogP contribution in [0.5, 0.6) is 0 Å². The SMILES string of the molecule is COC(=O)C1(C(N)c2ccc(C)cc2)CC1. The molecule has 0 heterocycles. The van der Waals surface area contributed by atoms with Gasteiger partial charge in [-0.25, -0.2) is 0 Å². The largest absolute Gasteiger partial charge is 0.469 e. The van der Waals surface area contributed by atoms with Gasteiger partial charge >= 0.3 is 5.97 Å². The first kappa shape index (κ1) is 11.1. The Kier molecular flexibility index (Phi) is 2.72. The molecule has 3 nitrogen and oxygen atoms in total. The lowest BCUT2D eigenvalue weighted by molar-refractivity contribution is -0.148. The zero-order chi connectivity index (χ0) is 11.8. The van der Waals surface area contributed by atoms with Gasteiger partial charge in [-0.1, -0.05) is 29.8 Å². The maximum Gasteiger partial charge on any atom is 0.313 e. The van der Waals surface area contributed by atoms with Gasteiger partial charge in [-0.15, -0.1) is 0 Å². The van der Waals surface area contributed by atoms with Crippen LogP contribution in [-0.2, 0) is 9.53 Å². The monoisotopic (exact) mass is 219 g/mol. The van der Waals surface area contributed by atoms with Crippen LogP contribution in [0.3, 0.4) is 0 Å². The van der Waals surface area contributed by atoms with E-state index in [4.69, 9.17) is 10.5 Å². The molecule has 2 rings (SSSR count). The lowest BCUT2D eigenvalue weighted by atomic mass is 9.90. The first-order chi connectivity index (χ1) is 7.60. The number of carbonyl (C=O) groups is 1. The Morgan fingerprint density at radius 1 is 1.38 bits per heavy atom. The van der Waals surface area contributed by atoms with E-state index >= 15 is 0 Å². The van der Waals surface area contributed by atoms with Crippen molar-refractivity contribution in [1.29, 1.82) is 0 Å². The van der Waals surface area contributed by atoms with Gasteiger partial charge in [0.25, 0.3) is 0 Å². The number of methoxy groups -OCH3 is 1. The van der Waals surface area contributed by atoms with Gasteiger partial charge in [0.05, 0.1) is 12.5 Å². The van der Waals surface area contributed by atoms with E-state index in [1.807, 2.05) is 31.2 Å². The van der Waals surface area contributed by atoms with Crippen molar-refractivity contribution in [3.63, 3.8) is 0 Å². The van der Waals surface area contributed by atoms with Gasteiger partial charge in [0.1, 0.15) is 0 Å². The fourth-order valence-corrected chi connectivity index (χ4v) is 2.07. The predicted molar refractivity (Wildman–Crippen MR) is 61.8 cm³/mol. The fraction of sp³-hybridized carbons (Fsp3) is 0.462. The molecule has 1 unspecified atom stereocenters. The second kappa shape index (κ2) is 3.91. The van der Waals surface area contributed by atoms with Gasteiger partial charge in [-0.2, -0.15) is 0 Å². The van der Waals surface area contributed by atoms with Gasteiger partial charge in [0.2, 0.25) is 0 Å². The number of esters is 1. The summed E-state index contributed by atoms with van der Waals surface area (Å²) in [5.41, 5.74) is 7.89. The van der Waals surface area contributed by atoms with Crippen molar-refractivity contribution in [1.82, 2.24) is 0 Å². The molecule has 1 aliphatic carbocycles. The summed E-state index contributed by atoms with van der Waals surface area (Å²) in [5, 5.41) is 0. The predicted octanol–water partition coefficient (Wildman–Crippen LogP) is 1.95. The average Bonchev–Trinajstić information content (AvgIpc) is 3.09. The Morgan fingerprint density at radius 2 is 1.94 bits per heavy atom.